The van der Waals surface area contributed by atoms with Crippen LogP contribution in [0.2, 0.25) is 0 Å². The molecule has 0 unspecified atom stereocenters. The molecule has 0 saturated heterocycles. The Morgan fingerprint density at radius 1 is 1.06 bits per heavy atom. The fourth-order valence-corrected chi connectivity index (χ4v) is 3.32. The van der Waals surface area contributed by atoms with Gasteiger partial charge in [0.15, 0.2) is 0 Å². The summed E-state index contributed by atoms with van der Waals surface area (Å²) in [6, 6.07) is 7.90. The van der Waals surface area contributed by atoms with E-state index in [1.807, 2.05) is 0 Å². The second-order valence-corrected chi connectivity index (χ2v) is 5.84. The molecule has 0 saturated carbocycles. The molecule has 0 aliphatic rings. The minimum Gasteiger partial charge on any atom is -0.312 e. The summed E-state index contributed by atoms with van der Waals surface area (Å²) in [6.07, 6.45) is 0. The maximum absolute atomic E-state index is 11.8. The quantitative estimate of drug-likeness (QED) is 0.717. The SMILES string of the molecule is CCOP(OCC)OS(=O)(=O)c1ccccc1. The van der Waals surface area contributed by atoms with Gasteiger partial charge in [-0.05, 0) is 26.0 Å². The Morgan fingerprint density at radius 2 is 1.59 bits per heavy atom. The Hall–Kier alpha value is -0.520. The standard InChI is InChI=1S/C10H15O5PS/c1-3-13-16(14-4-2)15-17(11,12)10-8-6-5-7-9-10/h5-9H,3-4H2,1-2H3. The van der Waals surface area contributed by atoms with Crippen LogP contribution in [0.15, 0.2) is 35.2 Å². The third-order valence-electron chi connectivity index (χ3n) is 1.66. The van der Waals surface area contributed by atoms with Crippen LogP contribution in [0.5, 0.6) is 0 Å². The zero-order valence-electron chi connectivity index (χ0n) is 9.70. The van der Waals surface area contributed by atoms with Crippen LogP contribution < -0.4 is 0 Å². The number of benzene rings is 1. The van der Waals surface area contributed by atoms with E-state index < -0.39 is 18.7 Å². The molecule has 0 aromatic heterocycles. The Bertz CT molecular complexity index is 414. The predicted octanol–water partition coefficient (Wildman–Crippen LogP) is 2.69. The molecule has 1 rings (SSSR count). The molecule has 7 heteroatoms. The lowest BCUT2D eigenvalue weighted by Gasteiger charge is -2.14. The summed E-state index contributed by atoms with van der Waals surface area (Å²) in [5.41, 5.74) is 0. The molecule has 0 spiro atoms. The Labute approximate surface area is 103 Å². The van der Waals surface area contributed by atoms with Gasteiger partial charge in [-0.1, -0.05) is 18.2 Å². The van der Waals surface area contributed by atoms with Crippen LogP contribution in [0.25, 0.3) is 0 Å². The molecule has 0 aliphatic heterocycles. The van der Waals surface area contributed by atoms with Crippen molar-refractivity contribution in [2.45, 2.75) is 18.7 Å². The fourth-order valence-electron chi connectivity index (χ4n) is 1.00. The first kappa shape index (κ1) is 14.5. The fraction of sp³-hybridized carbons (Fsp3) is 0.400. The van der Waals surface area contributed by atoms with Crippen molar-refractivity contribution in [3.8, 4) is 0 Å². The van der Waals surface area contributed by atoms with Crippen LogP contribution >= 0.6 is 8.60 Å². The highest BCUT2D eigenvalue weighted by molar-refractivity contribution is 7.90. The normalized spacial score (nSPS) is 11.9. The molecule has 96 valence electrons. The Kier molecular flexibility index (Phi) is 6.02. The van der Waals surface area contributed by atoms with Gasteiger partial charge >= 0.3 is 18.7 Å². The maximum Gasteiger partial charge on any atom is 0.348 e. The van der Waals surface area contributed by atoms with Crippen molar-refractivity contribution in [1.29, 1.82) is 0 Å². The van der Waals surface area contributed by atoms with Gasteiger partial charge in [-0.15, -0.1) is 0 Å². The van der Waals surface area contributed by atoms with Gasteiger partial charge in [-0.25, -0.2) is 0 Å². The third kappa shape index (κ3) is 4.69. The van der Waals surface area contributed by atoms with Crippen molar-refractivity contribution >= 4 is 18.7 Å². The van der Waals surface area contributed by atoms with Gasteiger partial charge in [-0.3, -0.25) is 0 Å². The molecule has 0 heterocycles. The second kappa shape index (κ2) is 7.03. The molecule has 1 aromatic rings. The van der Waals surface area contributed by atoms with Gasteiger partial charge in [0.1, 0.15) is 0 Å². The third-order valence-corrected chi connectivity index (χ3v) is 4.72. The van der Waals surface area contributed by atoms with Crippen LogP contribution in [0.3, 0.4) is 0 Å². The summed E-state index contributed by atoms with van der Waals surface area (Å²) in [5, 5.41) is 0. The largest absolute Gasteiger partial charge is 0.348 e. The lowest BCUT2D eigenvalue weighted by Crippen LogP contribution is -2.05. The van der Waals surface area contributed by atoms with E-state index in [-0.39, 0.29) is 4.90 Å². The highest BCUT2D eigenvalue weighted by Gasteiger charge is 2.23. The van der Waals surface area contributed by atoms with Crippen molar-refractivity contribution in [3.63, 3.8) is 0 Å². The first-order valence-corrected chi connectivity index (χ1v) is 7.66. The van der Waals surface area contributed by atoms with Gasteiger partial charge in [0.25, 0.3) is 0 Å². The smallest absolute Gasteiger partial charge is 0.312 e. The summed E-state index contributed by atoms with van der Waals surface area (Å²) < 4.78 is 38.7. The van der Waals surface area contributed by atoms with Crippen LogP contribution in [0.1, 0.15) is 13.8 Å². The summed E-state index contributed by atoms with van der Waals surface area (Å²) in [5.74, 6) is 0. The van der Waals surface area contributed by atoms with Crippen LogP contribution in [-0.2, 0) is 23.1 Å². The molecular formula is C10H15O5PS. The van der Waals surface area contributed by atoms with Crippen LogP contribution in [-0.4, -0.2) is 21.6 Å². The number of rotatable bonds is 7. The highest BCUT2D eigenvalue weighted by Crippen LogP contribution is 2.42. The molecule has 0 bridgehead atoms. The average molecular weight is 278 g/mol. The van der Waals surface area contributed by atoms with Crippen LogP contribution in [0, 0.1) is 0 Å². The van der Waals surface area contributed by atoms with Gasteiger partial charge in [0.2, 0.25) is 0 Å². The van der Waals surface area contributed by atoms with Crippen molar-refractivity contribution < 1.29 is 21.4 Å². The lowest BCUT2D eigenvalue weighted by molar-refractivity contribution is 0.223. The summed E-state index contributed by atoms with van der Waals surface area (Å²) in [7, 11) is -5.69. The van der Waals surface area contributed by atoms with E-state index in [1.165, 1.54) is 12.1 Å². The molecule has 17 heavy (non-hydrogen) atoms. The Morgan fingerprint density at radius 3 is 2.06 bits per heavy atom. The van der Waals surface area contributed by atoms with Crippen LogP contribution in [0.4, 0.5) is 0 Å². The van der Waals surface area contributed by atoms with E-state index in [1.54, 1.807) is 32.0 Å². The van der Waals surface area contributed by atoms with E-state index in [4.69, 9.17) is 13.0 Å². The zero-order chi connectivity index (χ0) is 12.7. The first-order chi connectivity index (χ1) is 8.10. The van der Waals surface area contributed by atoms with E-state index >= 15 is 0 Å². The molecule has 0 atom stereocenters. The van der Waals surface area contributed by atoms with Gasteiger partial charge in [-0.2, -0.15) is 12.4 Å². The van der Waals surface area contributed by atoms with Crippen molar-refractivity contribution in [1.82, 2.24) is 0 Å². The van der Waals surface area contributed by atoms with E-state index in [0.29, 0.717) is 13.2 Å². The van der Waals surface area contributed by atoms with Gasteiger partial charge in [0.05, 0.1) is 18.1 Å². The maximum atomic E-state index is 11.8. The first-order valence-electron chi connectivity index (χ1n) is 5.15. The summed E-state index contributed by atoms with van der Waals surface area (Å²) >= 11 is 0. The lowest BCUT2D eigenvalue weighted by atomic mass is 10.4. The topological polar surface area (TPSA) is 61.8 Å². The summed E-state index contributed by atoms with van der Waals surface area (Å²) in [4.78, 5) is 0.0897. The van der Waals surface area contributed by atoms with Crippen molar-refractivity contribution in [2.75, 3.05) is 13.2 Å². The molecule has 0 N–H and O–H groups in total. The zero-order valence-corrected chi connectivity index (χ0v) is 11.4. The molecule has 1 aromatic carbocycles. The molecule has 0 radical (unpaired) electrons. The predicted molar refractivity (Wildman–Crippen MR) is 64.9 cm³/mol. The van der Waals surface area contributed by atoms with E-state index in [0.717, 1.165) is 0 Å². The molecule has 0 amide bonds. The number of hydrogen-bond donors (Lipinski definition) is 0. The highest BCUT2D eigenvalue weighted by atomic mass is 32.2. The minimum atomic E-state index is -3.83. The van der Waals surface area contributed by atoms with Crippen molar-refractivity contribution in [2.24, 2.45) is 0 Å². The van der Waals surface area contributed by atoms with Crippen molar-refractivity contribution in [3.05, 3.63) is 30.3 Å². The minimum absolute atomic E-state index is 0.0897. The van der Waals surface area contributed by atoms with Gasteiger partial charge < -0.3 is 9.05 Å². The number of hydrogen-bond acceptors (Lipinski definition) is 5. The van der Waals surface area contributed by atoms with E-state index in [9.17, 15) is 8.42 Å². The van der Waals surface area contributed by atoms with Gasteiger partial charge in [0, 0.05) is 0 Å². The Balaban J connectivity index is 2.77. The summed E-state index contributed by atoms with van der Waals surface area (Å²) in [6.45, 7) is 4.14. The molecule has 5 nitrogen and oxygen atoms in total. The molecule has 0 aliphatic carbocycles. The average Bonchev–Trinajstić information content (AvgIpc) is 2.30. The molecular weight excluding hydrogens is 263 g/mol. The molecule has 0 fully saturated rings. The monoisotopic (exact) mass is 278 g/mol. The second-order valence-electron chi connectivity index (χ2n) is 2.90. The van der Waals surface area contributed by atoms with E-state index in [2.05, 4.69) is 0 Å².